The lowest BCUT2D eigenvalue weighted by Crippen LogP contribution is -2.54. The fraction of sp³-hybridized carbons (Fsp3) is 0.500. The summed E-state index contributed by atoms with van der Waals surface area (Å²) < 4.78 is 29.8. The lowest BCUT2D eigenvalue weighted by molar-refractivity contribution is -0.164. The van der Waals surface area contributed by atoms with Crippen LogP contribution < -0.4 is 0 Å². The van der Waals surface area contributed by atoms with Gasteiger partial charge < -0.3 is 10.2 Å². The molecule has 25 heavy (non-hydrogen) atoms. The number of halogens is 2. The van der Waals surface area contributed by atoms with Gasteiger partial charge in [0.05, 0.1) is 5.56 Å². The smallest absolute Gasteiger partial charge is 0.326 e. The van der Waals surface area contributed by atoms with E-state index in [1.807, 2.05) is 0 Å². The topological polar surface area (TPSA) is 98.4 Å². The van der Waals surface area contributed by atoms with Gasteiger partial charge in [0.1, 0.15) is 17.7 Å². The molecule has 2 N–H and O–H groups in total. The molecule has 0 aromatic heterocycles. The van der Waals surface area contributed by atoms with Gasteiger partial charge in [-0.1, -0.05) is 41.5 Å². The van der Waals surface area contributed by atoms with Crippen LogP contribution in [-0.4, -0.2) is 22.2 Å². The molecule has 0 atom stereocenters. The van der Waals surface area contributed by atoms with Crippen molar-refractivity contribution in [2.75, 3.05) is 0 Å². The van der Waals surface area contributed by atoms with Gasteiger partial charge in [0, 0.05) is 11.1 Å². The Hall–Kier alpha value is -2.49. The van der Waals surface area contributed by atoms with E-state index < -0.39 is 50.9 Å². The molecule has 0 radical (unpaired) electrons. The number of nitrogens with zero attached hydrogens (tertiary/aromatic N) is 1. The van der Waals surface area contributed by atoms with Crippen LogP contribution in [0.25, 0.3) is 0 Å². The summed E-state index contributed by atoms with van der Waals surface area (Å²) in [5, 5.41) is 28.5. The zero-order valence-corrected chi connectivity index (χ0v) is 15.0. The van der Waals surface area contributed by atoms with Crippen molar-refractivity contribution in [1.82, 2.24) is 0 Å². The number of benzene rings is 1. The van der Waals surface area contributed by atoms with Gasteiger partial charge in [0.2, 0.25) is 0 Å². The number of hydrogen-bond acceptors (Lipinski definition) is 3. The molecule has 0 saturated heterocycles. The standard InChI is InChI=1S/C18H21F2NO4/c1-16(2,3)12-9(8-21)11(19)7-10(13(12)20)18(14(22)23,15(24)25)17(4,5)6/h7H,1-6H3,(H,22,23)(H,24,25). The van der Waals surface area contributed by atoms with Crippen LogP contribution in [-0.2, 0) is 20.4 Å². The van der Waals surface area contributed by atoms with E-state index in [0.29, 0.717) is 6.07 Å². The highest BCUT2D eigenvalue weighted by Gasteiger charge is 2.59. The molecule has 0 amide bonds. The molecular weight excluding hydrogens is 332 g/mol. The van der Waals surface area contributed by atoms with E-state index >= 15 is 4.39 Å². The minimum atomic E-state index is -2.73. The third-order valence-corrected chi connectivity index (χ3v) is 4.25. The van der Waals surface area contributed by atoms with Crippen molar-refractivity contribution >= 4 is 11.9 Å². The summed E-state index contributed by atoms with van der Waals surface area (Å²) in [6, 6.07) is 2.09. The van der Waals surface area contributed by atoms with E-state index in [0.717, 1.165) is 0 Å². The Labute approximate surface area is 144 Å². The molecule has 0 fully saturated rings. The van der Waals surface area contributed by atoms with E-state index in [4.69, 9.17) is 5.26 Å². The van der Waals surface area contributed by atoms with Gasteiger partial charge in [-0.2, -0.15) is 5.26 Å². The molecule has 1 aromatic rings. The first-order chi connectivity index (χ1) is 11.1. The maximum Gasteiger partial charge on any atom is 0.326 e. The van der Waals surface area contributed by atoms with Gasteiger partial charge in [-0.25, -0.2) is 8.78 Å². The van der Waals surface area contributed by atoms with Crippen LogP contribution in [0.5, 0.6) is 0 Å². The first-order valence-corrected chi connectivity index (χ1v) is 7.53. The SMILES string of the molecule is CC(C)(C)c1c(F)c(C(C(=O)O)(C(=O)O)C(C)(C)C)cc(F)c1C#N. The predicted octanol–water partition coefficient (Wildman–Crippen LogP) is 3.59. The molecule has 0 heterocycles. The molecule has 0 saturated carbocycles. The highest BCUT2D eigenvalue weighted by Crippen LogP contribution is 2.46. The molecule has 0 spiro atoms. The Balaban J connectivity index is 4.20. The summed E-state index contributed by atoms with van der Waals surface area (Å²) >= 11 is 0. The molecule has 1 aromatic carbocycles. The first-order valence-electron chi connectivity index (χ1n) is 7.53. The van der Waals surface area contributed by atoms with Crippen LogP contribution >= 0.6 is 0 Å². The van der Waals surface area contributed by atoms with Crippen molar-refractivity contribution in [3.8, 4) is 6.07 Å². The van der Waals surface area contributed by atoms with Crippen LogP contribution in [0.1, 0.15) is 58.2 Å². The summed E-state index contributed by atoms with van der Waals surface area (Å²) in [4.78, 5) is 23.9. The zero-order chi connectivity index (χ0) is 20.0. The predicted molar refractivity (Wildman–Crippen MR) is 86.2 cm³/mol. The van der Waals surface area contributed by atoms with Crippen molar-refractivity contribution in [3.05, 3.63) is 34.4 Å². The second-order valence-electron chi connectivity index (χ2n) is 7.94. The molecule has 0 unspecified atom stereocenters. The highest BCUT2D eigenvalue weighted by atomic mass is 19.1. The molecule has 0 aliphatic heterocycles. The Morgan fingerprint density at radius 3 is 1.76 bits per heavy atom. The zero-order valence-electron chi connectivity index (χ0n) is 15.0. The van der Waals surface area contributed by atoms with Crippen LogP contribution in [0.2, 0.25) is 0 Å². The number of aliphatic carboxylic acids is 2. The van der Waals surface area contributed by atoms with Gasteiger partial charge in [0.25, 0.3) is 0 Å². The Bertz CT molecular complexity index is 766. The van der Waals surface area contributed by atoms with E-state index in [1.165, 1.54) is 41.5 Å². The number of carbonyl (C=O) groups is 2. The van der Waals surface area contributed by atoms with Crippen molar-refractivity contribution < 1.29 is 28.6 Å². The van der Waals surface area contributed by atoms with Gasteiger partial charge >= 0.3 is 11.9 Å². The van der Waals surface area contributed by atoms with Crippen LogP contribution in [0.3, 0.4) is 0 Å². The average Bonchev–Trinajstić information content (AvgIpc) is 2.38. The Kier molecular flexibility index (Phi) is 5.02. The lowest BCUT2D eigenvalue weighted by atomic mass is 9.61. The van der Waals surface area contributed by atoms with Gasteiger partial charge in [-0.15, -0.1) is 0 Å². The van der Waals surface area contributed by atoms with Crippen molar-refractivity contribution in [1.29, 1.82) is 5.26 Å². The molecular formula is C18H21F2NO4. The van der Waals surface area contributed by atoms with E-state index in [2.05, 4.69) is 0 Å². The Morgan fingerprint density at radius 2 is 1.48 bits per heavy atom. The van der Waals surface area contributed by atoms with E-state index in [9.17, 15) is 24.2 Å². The van der Waals surface area contributed by atoms with Gasteiger partial charge in [-0.3, -0.25) is 9.59 Å². The van der Waals surface area contributed by atoms with Crippen molar-refractivity contribution in [2.45, 2.75) is 52.4 Å². The highest BCUT2D eigenvalue weighted by molar-refractivity contribution is 6.06. The quantitative estimate of drug-likeness (QED) is 0.809. The number of rotatable bonds is 3. The minimum Gasteiger partial charge on any atom is -0.480 e. The maximum atomic E-state index is 15.3. The summed E-state index contributed by atoms with van der Waals surface area (Å²) in [5.41, 5.74) is -6.98. The van der Waals surface area contributed by atoms with Gasteiger partial charge in [0.15, 0.2) is 5.41 Å². The van der Waals surface area contributed by atoms with Crippen LogP contribution in [0.4, 0.5) is 8.78 Å². The minimum absolute atomic E-state index is 0.346. The summed E-state index contributed by atoms with van der Waals surface area (Å²) in [7, 11) is 0. The number of nitriles is 1. The summed E-state index contributed by atoms with van der Waals surface area (Å²) in [5.74, 6) is -5.96. The number of carboxylic acids is 2. The average molecular weight is 353 g/mol. The molecule has 7 heteroatoms. The van der Waals surface area contributed by atoms with E-state index in [-0.39, 0.29) is 5.56 Å². The second kappa shape index (κ2) is 6.10. The normalized spacial score (nSPS) is 12.6. The van der Waals surface area contributed by atoms with Gasteiger partial charge in [-0.05, 0) is 16.9 Å². The fourth-order valence-electron chi connectivity index (χ4n) is 3.08. The third kappa shape index (κ3) is 2.97. The lowest BCUT2D eigenvalue weighted by Gasteiger charge is -2.39. The molecule has 0 aliphatic rings. The fourth-order valence-corrected chi connectivity index (χ4v) is 3.08. The molecule has 136 valence electrons. The molecule has 0 bridgehead atoms. The Morgan fingerprint density at radius 1 is 1.04 bits per heavy atom. The monoisotopic (exact) mass is 353 g/mol. The number of carboxylic acid groups (broad SMARTS) is 2. The van der Waals surface area contributed by atoms with Crippen molar-refractivity contribution in [2.24, 2.45) is 5.41 Å². The molecule has 0 aliphatic carbocycles. The first kappa shape index (κ1) is 20.6. The summed E-state index contributed by atoms with van der Waals surface area (Å²) in [6.07, 6.45) is 0. The maximum absolute atomic E-state index is 15.3. The molecule has 5 nitrogen and oxygen atoms in total. The molecule has 1 rings (SSSR count). The van der Waals surface area contributed by atoms with Crippen molar-refractivity contribution in [3.63, 3.8) is 0 Å². The van der Waals surface area contributed by atoms with Crippen LogP contribution in [0.15, 0.2) is 6.07 Å². The summed E-state index contributed by atoms with van der Waals surface area (Å²) in [6.45, 7) is 8.53. The largest absolute Gasteiger partial charge is 0.480 e. The number of hydrogen-bond donors (Lipinski definition) is 2. The van der Waals surface area contributed by atoms with Crippen LogP contribution in [0, 0.1) is 28.4 Å². The third-order valence-electron chi connectivity index (χ3n) is 4.25. The second-order valence-corrected chi connectivity index (χ2v) is 7.94. The van der Waals surface area contributed by atoms with E-state index in [1.54, 1.807) is 6.07 Å².